The maximum absolute atomic E-state index is 11.0. The summed E-state index contributed by atoms with van der Waals surface area (Å²) in [6.45, 7) is 1.58. The van der Waals surface area contributed by atoms with Gasteiger partial charge in [0, 0.05) is 0 Å². The molecule has 0 aliphatic heterocycles. The molecule has 15 heavy (non-hydrogen) atoms. The first kappa shape index (κ1) is 11.2. The van der Waals surface area contributed by atoms with Crippen molar-refractivity contribution in [3.05, 3.63) is 35.4 Å². The number of primary amides is 1. The van der Waals surface area contributed by atoms with E-state index in [4.69, 9.17) is 16.7 Å². The van der Waals surface area contributed by atoms with Crippen molar-refractivity contribution in [3.8, 4) is 6.07 Å². The lowest BCUT2D eigenvalue weighted by Gasteiger charge is -2.20. The van der Waals surface area contributed by atoms with Crippen LogP contribution in [0.3, 0.4) is 0 Å². The minimum absolute atomic E-state index is 0.331. The van der Waals surface area contributed by atoms with Crippen molar-refractivity contribution >= 4 is 5.91 Å². The maximum Gasteiger partial charge on any atom is 0.237 e. The van der Waals surface area contributed by atoms with Crippen LogP contribution in [0.1, 0.15) is 18.1 Å². The zero-order valence-corrected chi connectivity index (χ0v) is 8.53. The van der Waals surface area contributed by atoms with Gasteiger partial charge in [-0.15, -0.1) is 0 Å². The van der Waals surface area contributed by atoms with Crippen LogP contribution in [-0.4, -0.2) is 11.4 Å². The van der Waals surface area contributed by atoms with Crippen LogP contribution in [0.25, 0.3) is 0 Å². The molecule has 1 amide bonds. The first-order valence-corrected chi connectivity index (χ1v) is 4.53. The molecule has 0 saturated heterocycles. The van der Waals surface area contributed by atoms with Crippen molar-refractivity contribution < 1.29 is 4.79 Å². The summed E-state index contributed by atoms with van der Waals surface area (Å²) < 4.78 is 0. The average Bonchev–Trinajstić information content (AvgIpc) is 2.17. The highest BCUT2D eigenvalue weighted by atomic mass is 16.1. The summed E-state index contributed by atoms with van der Waals surface area (Å²) in [5.41, 5.74) is 11.2. The van der Waals surface area contributed by atoms with Crippen LogP contribution in [0.4, 0.5) is 0 Å². The predicted octanol–water partition coefficient (Wildman–Crippen LogP) is 0.303. The van der Waals surface area contributed by atoms with E-state index in [9.17, 15) is 4.79 Å². The lowest BCUT2D eigenvalue weighted by molar-refractivity contribution is -0.122. The standard InChI is InChI=1S/C11H13N3O/c1-11(14,10(13)15)6-8-3-2-4-9(5-8)7-12/h2-5H,6,14H2,1H3,(H2,13,15)/t11-/m0/s1. The molecular weight excluding hydrogens is 190 g/mol. The van der Waals surface area contributed by atoms with Gasteiger partial charge in [-0.25, -0.2) is 0 Å². The number of carbonyl (C=O) groups is 1. The number of carbonyl (C=O) groups excluding carboxylic acids is 1. The minimum atomic E-state index is -1.08. The Bertz CT molecular complexity index is 418. The molecule has 4 N–H and O–H groups in total. The van der Waals surface area contributed by atoms with Crippen LogP contribution >= 0.6 is 0 Å². The third-order valence-electron chi connectivity index (χ3n) is 2.19. The van der Waals surface area contributed by atoms with Crippen LogP contribution in [0.5, 0.6) is 0 Å². The molecule has 0 aromatic heterocycles. The van der Waals surface area contributed by atoms with Gasteiger partial charge in [0.1, 0.15) is 0 Å². The van der Waals surface area contributed by atoms with Gasteiger partial charge in [-0.05, 0) is 31.0 Å². The zero-order chi connectivity index (χ0) is 11.5. The molecule has 78 valence electrons. The van der Waals surface area contributed by atoms with Gasteiger partial charge < -0.3 is 11.5 Å². The minimum Gasteiger partial charge on any atom is -0.368 e. The van der Waals surface area contributed by atoms with E-state index in [1.54, 1.807) is 25.1 Å². The number of nitriles is 1. The van der Waals surface area contributed by atoms with Crippen LogP contribution in [0.2, 0.25) is 0 Å². The van der Waals surface area contributed by atoms with Gasteiger partial charge in [0.05, 0.1) is 17.2 Å². The van der Waals surface area contributed by atoms with E-state index in [1.807, 2.05) is 12.1 Å². The van der Waals surface area contributed by atoms with Crippen LogP contribution in [-0.2, 0) is 11.2 Å². The Morgan fingerprint density at radius 3 is 2.80 bits per heavy atom. The van der Waals surface area contributed by atoms with Crippen molar-refractivity contribution in [3.63, 3.8) is 0 Å². The monoisotopic (exact) mass is 203 g/mol. The van der Waals surface area contributed by atoms with Gasteiger partial charge in [0.2, 0.25) is 5.91 Å². The van der Waals surface area contributed by atoms with E-state index in [0.29, 0.717) is 12.0 Å². The van der Waals surface area contributed by atoms with Gasteiger partial charge >= 0.3 is 0 Å². The maximum atomic E-state index is 11.0. The lowest BCUT2D eigenvalue weighted by Crippen LogP contribution is -2.51. The number of nitrogens with two attached hydrogens (primary N) is 2. The van der Waals surface area contributed by atoms with E-state index < -0.39 is 11.4 Å². The molecule has 0 unspecified atom stereocenters. The average molecular weight is 203 g/mol. The summed E-state index contributed by atoms with van der Waals surface area (Å²) in [4.78, 5) is 11.0. The molecule has 0 aliphatic rings. The molecule has 0 heterocycles. The molecule has 0 radical (unpaired) electrons. The fourth-order valence-electron chi connectivity index (χ4n) is 1.26. The topological polar surface area (TPSA) is 92.9 Å². The Morgan fingerprint density at radius 2 is 2.27 bits per heavy atom. The third-order valence-corrected chi connectivity index (χ3v) is 2.19. The number of hydrogen-bond acceptors (Lipinski definition) is 3. The molecule has 4 heteroatoms. The first-order chi connectivity index (χ1) is 6.95. The third kappa shape index (κ3) is 2.79. The van der Waals surface area contributed by atoms with Gasteiger partial charge in [-0.1, -0.05) is 12.1 Å². The molecule has 1 atom stereocenters. The SMILES string of the molecule is C[C@](N)(Cc1cccc(C#N)c1)C(N)=O. The van der Waals surface area contributed by atoms with E-state index in [2.05, 4.69) is 0 Å². The van der Waals surface area contributed by atoms with E-state index >= 15 is 0 Å². The van der Waals surface area contributed by atoms with Gasteiger partial charge in [-0.2, -0.15) is 5.26 Å². The van der Waals surface area contributed by atoms with Gasteiger partial charge in [-0.3, -0.25) is 4.79 Å². The molecule has 1 aromatic carbocycles. The molecular formula is C11H13N3O. The summed E-state index contributed by atoms with van der Waals surface area (Å²) in [7, 11) is 0. The zero-order valence-electron chi connectivity index (χ0n) is 8.53. The Kier molecular flexibility index (Phi) is 3.08. The Hall–Kier alpha value is -1.86. The Labute approximate surface area is 88.5 Å². The second kappa shape index (κ2) is 4.11. The van der Waals surface area contributed by atoms with Crippen LogP contribution in [0.15, 0.2) is 24.3 Å². The molecule has 4 nitrogen and oxygen atoms in total. The predicted molar refractivity (Wildman–Crippen MR) is 56.6 cm³/mol. The highest BCUT2D eigenvalue weighted by Gasteiger charge is 2.25. The molecule has 1 aromatic rings. The van der Waals surface area contributed by atoms with E-state index in [-0.39, 0.29) is 0 Å². The number of hydrogen-bond donors (Lipinski definition) is 2. The second-order valence-corrected chi connectivity index (χ2v) is 3.77. The highest BCUT2D eigenvalue weighted by Crippen LogP contribution is 2.11. The Balaban J connectivity index is 2.91. The lowest BCUT2D eigenvalue weighted by atomic mass is 9.93. The molecule has 1 rings (SSSR count). The number of amides is 1. The molecule has 0 bridgehead atoms. The van der Waals surface area contributed by atoms with Crippen LogP contribution < -0.4 is 11.5 Å². The Morgan fingerprint density at radius 1 is 1.60 bits per heavy atom. The van der Waals surface area contributed by atoms with Crippen molar-refractivity contribution in [2.75, 3.05) is 0 Å². The fourth-order valence-corrected chi connectivity index (χ4v) is 1.26. The largest absolute Gasteiger partial charge is 0.368 e. The van der Waals surface area contributed by atoms with Crippen molar-refractivity contribution in [1.29, 1.82) is 5.26 Å². The summed E-state index contributed by atoms with van der Waals surface area (Å²) in [6, 6.07) is 8.99. The number of benzene rings is 1. The van der Waals surface area contributed by atoms with Crippen molar-refractivity contribution in [1.82, 2.24) is 0 Å². The molecule has 0 aliphatic carbocycles. The van der Waals surface area contributed by atoms with Gasteiger partial charge in [0.15, 0.2) is 0 Å². The number of nitrogens with zero attached hydrogens (tertiary/aromatic N) is 1. The molecule has 0 fully saturated rings. The van der Waals surface area contributed by atoms with Gasteiger partial charge in [0.25, 0.3) is 0 Å². The summed E-state index contributed by atoms with van der Waals surface area (Å²) in [5.74, 6) is -0.551. The second-order valence-electron chi connectivity index (χ2n) is 3.77. The highest BCUT2D eigenvalue weighted by molar-refractivity contribution is 5.84. The van der Waals surface area contributed by atoms with Crippen LogP contribution in [0, 0.1) is 11.3 Å². The summed E-state index contributed by atoms with van der Waals surface area (Å²) in [6.07, 6.45) is 0.331. The van der Waals surface area contributed by atoms with Crippen molar-refractivity contribution in [2.24, 2.45) is 11.5 Å². The number of rotatable bonds is 3. The first-order valence-electron chi connectivity index (χ1n) is 4.53. The quantitative estimate of drug-likeness (QED) is 0.740. The van der Waals surface area contributed by atoms with E-state index in [0.717, 1.165) is 5.56 Å². The molecule has 0 saturated carbocycles. The molecule has 0 spiro atoms. The summed E-state index contributed by atoms with van der Waals surface area (Å²) >= 11 is 0. The van der Waals surface area contributed by atoms with E-state index in [1.165, 1.54) is 0 Å². The smallest absolute Gasteiger partial charge is 0.237 e. The fraction of sp³-hybridized carbons (Fsp3) is 0.273. The summed E-state index contributed by atoms with van der Waals surface area (Å²) in [5, 5.41) is 8.70. The van der Waals surface area contributed by atoms with Crippen molar-refractivity contribution in [2.45, 2.75) is 18.9 Å². The normalized spacial score (nSPS) is 13.9.